The van der Waals surface area contributed by atoms with Crippen molar-refractivity contribution in [2.24, 2.45) is 0 Å². The average molecular weight is 395 g/mol. The molecule has 2 heterocycles. The molecule has 26 heavy (non-hydrogen) atoms. The molecular weight excluding hydrogens is 374 g/mol. The molecule has 1 aliphatic heterocycles. The molecule has 0 spiro atoms. The van der Waals surface area contributed by atoms with Gasteiger partial charge in [0, 0.05) is 35.8 Å². The summed E-state index contributed by atoms with van der Waals surface area (Å²) in [6, 6.07) is 1.46. The van der Waals surface area contributed by atoms with Crippen LogP contribution in [0.15, 0.2) is 18.5 Å². The SMILES string of the molecule is Cc1c(C)c(Cl)c2c(c1Cl)CCN(C(=O)CCCc1cncc(F)c1)C2. The normalized spacial score (nSPS) is 13.7. The summed E-state index contributed by atoms with van der Waals surface area (Å²) >= 11 is 13.0. The van der Waals surface area contributed by atoms with Gasteiger partial charge in [0.2, 0.25) is 5.91 Å². The standard InChI is InChI=1S/C20H21Cl2FN2O/c1-12-13(2)20(22)17-11-25(7-6-16(17)19(12)21)18(26)5-3-4-14-8-15(23)10-24-9-14/h8-10H,3-7,11H2,1-2H3. The zero-order valence-electron chi connectivity index (χ0n) is 14.9. The quantitative estimate of drug-likeness (QED) is 0.726. The number of aryl methyl sites for hydroxylation is 1. The zero-order chi connectivity index (χ0) is 18.8. The summed E-state index contributed by atoms with van der Waals surface area (Å²) < 4.78 is 13.2. The fourth-order valence-electron chi connectivity index (χ4n) is 3.40. The van der Waals surface area contributed by atoms with Gasteiger partial charge in [-0.1, -0.05) is 23.2 Å². The molecule has 1 amide bonds. The Hall–Kier alpha value is -1.65. The van der Waals surface area contributed by atoms with E-state index in [0.29, 0.717) is 43.8 Å². The lowest BCUT2D eigenvalue weighted by molar-refractivity contribution is -0.132. The second kappa shape index (κ2) is 7.93. The number of amides is 1. The average Bonchev–Trinajstić information content (AvgIpc) is 2.64. The summed E-state index contributed by atoms with van der Waals surface area (Å²) in [7, 11) is 0. The van der Waals surface area contributed by atoms with Crippen LogP contribution in [0.1, 0.15) is 40.7 Å². The highest BCUT2D eigenvalue weighted by Gasteiger charge is 2.26. The van der Waals surface area contributed by atoms with Crippen molar-refractivity contribution in [3.63, 3.8) is 0 Å². The molecule has 0 fully saturated rings. The summed E-state index contributed by atoms with van der Waals surface area (Å²) in [4.78, 5) is 18.2. The summed E-state index contributed by atoms with van der Waals surface area (Å²) in [6.07, 6.45) is 5.24. The molecule has 0 N–H and O–H groups in total. The van der Waals surface area contributed by atoms with Gasteiger partial charge < -0.3 is 4.90 Å². The van der Waals surface area contributed by atoms with Gasteiger partial charge in [0.15, 0.2) is 0 Å². The number of rotatable bonds is 4. The van der Waals surface area contributed by atoms with Gasteiger partial charge >= 0.3 is 0 Å². The third-order valence-electron chi connectivity index (χ3n) is 5.07. The molecule has 0 saturated carbocycles. The highest BCUT2D eigenvalue weighted by molar-refractivity contribution is 6.35. The Labute approximate surface area is 163 Å². The number of nitrogens with zero attached hydrogens (tertiary/aromatic N) is 2. The van der Waals surface area contributed by atoms with E-state index in [2.05, 4.69) is 4.98 Å². The topological polar surface area (TPSA) is 33.2 Å². The lowest BCUT2D eigenvalue weighted by atomic mass is 9.94. The molecule has 3 nitrogen and oxygen atoms in total. The maximum atomic E-state index is 13.2. The molecule has 0 aliphatic carbocycles. The van der Waals surface area contributed by atoms with Gasteiger partial charge in [-0.2, -0.15) is 0 Å². The van der Waals surface area contributed by atoms with E-state index in [9.17, 15) is 9.18 Å². The molecule has 1 aromatic carbocycles. The van der Waals surface area contributed by atoms with Crippen molar-refractivity contribution in [3.05, 3.63) is 62.1 Å². The second-order valence-electron chi connectivity index (χ2n) is 6.77. The van der Waals surface area contributed by atoms with Gasteiger partial charge in [-0.25, -0.2) is 4.39 Å². The first-order chi connectivity index (χ1) is 12.4. The van der Waals surface area contributed by atoms with Gasteiger partial charge in [-0.3, -0.25) is 9.78 Å². The van der Waals surface area contributed by atoms with Gasteiger partial charge in [0.25, 0.3) is 0 Å². The van der Waals surface area contributed by atoms with Crippen molar-refractivity contribution >= 4 is 29.1 Å². The van der Waals surface area contributed by atoms with E-state index < -0.39 is 0 Å². The minimum atomic E-state index is -0.348. The third kappa shape index (κ3) is 3.86. The Morgan fingerprint density at radius 3 is 2.58 bits per heavy atom. The van der Waals surface area contributed by atoms with Crippen LogP contribution in [0.2, 0.25) is 10.0 Å². The Morgan fingerprint density at radius 1 is 1.19 bits per heavy atom. The van der Waals surface area contributed by atoms with E-state index in [1.807, 2.05) is 18.7 Å². The molecule has 2 aromatic rings. The molecule has 0 saturated heterocycles. The molecule has 0 bridgehead atoms. The molecule has 0 atom stereocenters. The van der Waals surface area contributed by atoms with Crippen molar-refractivity contribution in [1.82, 2.24) is 9.88 Å². The predicted octanol–water partition coefficient (Wildman–Crippen LogP) is 5.05. The van der Waals surface area contributed by atoms with Crippen molar-refractivity contribution in [2.75, 3.05) is 6.54 Å². The van der Waals surface area contributed by atoms with Crippen LogP contribution in [0.3, 0.4) is 0 Å². The Bertz CT molecular complexity index is 854. The third-order valence-corrected chi connectivity index (χ3v) is 6.09. The van der Waals surface area contributed by atoms with Crippen LogP contribution in [-0.4, -0.2) is 22.3 Å². The number of halogens is 3. The minimum Gasteiger partial charge on any atom is -0.338 e. The number of aromatic nitrogens is 1. The molecule has 3 rings (SSSR count). The summed E-state index contributed by atoms with van der Waals surface area (Å²) in [5.74, 6) is -0.260. The molecule has 1 aliphatic rings. The van der Waals surface area contributed by atoms with Crippen molar-refractivity contribution in [1.29, 1.82) is 0 Å². The minimum absolute atomic E-state index is 0.0884. The largest absolute Gasteiger partial charge is 0.338 e. The Kier molecular flexibility index (Phi) is 5.83. The van der Waals surface area contributed by atoms with Gasteiger partial charge in [-0.05, 0) is 67.0 Å². The van der Waals surface area contributed by atoms with Crippen LogP contribution in [0.5, 0.6) is 0 Å². The van der Waals surface area contributed by atoms with Crippen LogP contribution in [0, 0.1) is 19.7 Å². The van der Waals surface area contributed by atoms with E-state index in [4.69, 9.17) is 23.2 Å². The molecule has 6 heteroatoms. The first kappa shape index (κ1) is 19.1. The maximum absolute atomic E-state index is 13.2. The van der Waals surface area contributed by atoms with Crippen molar-refractivity contribution in [2.45, 2.75) is 46.1 Å². The van der Waals surface area contributed by atoms with Crippen LogP contribution in [0.4, 0.5) is 4.39 Å². The molecule has 138 valence electrons. The van der Waals surface area contributed by atoms with Crippen LogP contribution >= 0.6 is 23.2 Å². The monoisotopic (exact) mass is 394 g/mol. The smallest absolute Gasteiger partial charge is 0.222 e. The first-order valence-corrected chi connectivity index (χ1v) is 9.47. The molecule has 1 aromatic heterocycles. The number of pyridine rings is 1. The summed E-state index contributed by atoms with van der Waals surface area (Å²) in [6.45, 7) is 5.07. The fourth-order valence-corrected chi connectivity index (χ4v) is 4.06. The predicted molar refractivity (Wildman–Crippen MR) is 102 cm³/mol. The van der Waals surface area contributed by atoms with Crippen LogP contribution in [0.25, 0.3) is 0 Å². The Morgan fingerprint density at radius 2 is 1.88 bits per heavy atom. The lowest BCUT2D eigenvalue weighted by Gasteiger charge is -2.31. The van der Waals surface area contributed by atoms with Crippen molar-refractivity contribution < 1.29 is 9.18 Å². The molecule has 0 unspecified atom stereocenters. The summed E-state index contributed by atoms with van der Waals surface area (Å²) in [5, 5.41) is 1.48. The van der Waals surface area contributed by atoms with Gasteiger partial charge in [-0.15, -0.1) is 0 Å². The van der Waals surface area contributed by atoms with E-state index in [1.165, 1.54) is 12.3 Å². The highest BCUT2D eigenvalue weighted by atomic mass is 35.5. The van der Waals surface area contributed by atoms with Crippen molar-refractivity contribution in [3.8, 4) is 0 Å². The fraction of sp³-hybridized carbons (Fsp3) is 0.400. The molecule has 0 radical (unpaired) electrons. The zero-order valence-corrected chi connectivity index (χ0v) is 16.4. The Balaban J connectivity index is 1.64. The number of carbonyl (C=O) groups excluding carboxylic acids is 1. The number of carbonyl (C=O) groups is 1. The van der Waals surface area contributed by atoms with E-state index in [1.54, 1.807) is 6.20 Å². The van der Waals surface area contributed by atoms with Gasteiger partial charge in [0.05, 0.1) is 6.20 Å². The highest BCUT2D eigenvalue weighted by Crippen LogP contribution is 2.37. The second-order valence-corrected chi connectivity index (χ2v) is 7.52. The van der Waals surface area contributed by atoms with E-state index >= 15 is 0 Å². The number of hydrogen-bond donors (Lipinski definition) is 0. The number of hydrogen-bond acceptors (Lipinski definition) is 2. The first-order valence-electron chi connectivity index (χ1n) is 8.71. The number of benzene rings is 1. The lowest BCUT2D eigenvalue weighted by Crippen LogP contribution is -2.36. The molecular formula is C20H21Cl2FN2O. The van der Waals surface area contributed by atoms with E-state index in [-0.39, 0.29) is 11.7 Å². The van der Waals surface area contributed by atoms with Crippen LogP contribution < -0.4 is 0 Å². The van der Waals surface area contributed by atoms with E-state index in [0.717, 1.165) is 32.8 Å². The summed E-state index contributed by atoms with van der Waals surface area (Å²) in [5.41, 5.74) is 4.83. The van der Waals surface area contributed by atoms with Gasteiger partial charge in [0.1, 0.15) is 5.82 Å². The maximum Gasteiger partial charge on any atom is 0.222 e. The van der Waals surface area contributed by atoms with Crippen LogP contribution in [-0.2, 0) is 24.2 Å². The number of fused-ring (bicyclic) bond motifs is 1.